The van der Waals surface area contributed by atoms with Gasteiger partial charge in [0.15, 0.2) is 0 Å². The van der Waals surface area contributed by atoms with Gasteiger partial charge in [-0.2, -0.15) is 0 Å². The highest BCUT2D eigenvalue weighted by molar-refractivity contribution is 5.68. The van der Waals surface area contributed by atoms with E-state index in [1.165, 1.54) is 19.3 Å². The number of carbonyl (C=O) groups excluding carboxylic acids is 1. The van der Waals surface area contributed by atoms with Crippen LogP contribution in [-0.2, 0) is 4.74 Å². The molecule has 0 aromatic heterocycles. The first-order valence-electron chi connectivity index (χ1n) is 8.49. The molecule has 0 aromatic carbocycles. The molecule has 1 saturated heterocycles. The van der Waals surface area contributed by atoms with Crippen molar-refractivity contribution in [2.75, 3.05) is 19.6 Å². The van der Waals surface area contributed by atoms with Gasteiger partial charge in [-0.3, -0.25) is 0 Å². The Morgan fingerprint density at radius 3 is 2.67 bits per heavy atom. The van der Waals surface area contributed by atoms with Gasteiger partial charge in [-0.05, 0) is 52.5 Å². The van der Waals surface area contributed by atoms with Gasteiger partial charge in [-0.25, -0.2) is 4.79 Å². The lowest BCUT2D eigenvalue weighted by molar-refractivity contribution is 0.0187. The monoisotopic (exact) mass is 298 g/mol. The molecule has 0 aromatic rings. The van der Waals surface area contributed by atoms with E-state index >= 15 is 0 Å². The number of carbonyl (C=O) groups is 1. The first-order valence-corrected chi connectivity index (χ1v) is 8.49. The lowest BCUT2D eigenvalue weighted by Gasteiger charge is -2.34. The molecule has 1 fully saturated rings. The molecule has 124 valence electrons. The maximum atomic E-state index is 12.1. The lowest BCUT2D eigenvalue weighted by Crippen LogP contribution is -2.49. The van der Waals surface area contributed by atoms with E-state index in [0.29, 0.717) is 6.04 Å². The zero-order valence-corrected chi connectivity index (χ0v) is 14.6. The van der Waals surface area contributed by atoms with Crippen LogP contribution in [0, 0.1) is 5.92 Å². The van der Waals surface area contributed by atoms with Crippen molar-refractivity contribution in [3.05, 3.63) is 0 Å². The Morgan fingerprint density at radius 1 is 1.33 bits per heavy atom. The Hall–Kier alpha value is -0.770. The van der Waals surface area contributed by atoms with Gasteiger partial charge in [0.05, 0.1) is 0 Å². The molecular weight excluding hydrogens is 264 g/mol. The largest absolute Gasteiger partial charge is 0.444 e. The first-order chi connectivity index (χ1) is 9.78. The summed E-state index contributed by atoms with van der Waals surface area (Å²) in [6, 6.07) is 0.422. The molecule has 1 aliphatic rings. The van der Waals surface area contributed by atoms with Gasteiger partial charge < -0.3 is 15.0 Å². The van der Waals surface area contributed by atoms with E-state index in [1.807, 2.05) is 25.7 Å². The van der Waals surface area contributed by atoms with Gasteiger partial charge in [-0.1, -0.05) is 26.7 Å². The van der Waals surface area contributed by atoms with Gasteiger partial charge in [-0.15, -0.1) is 0 Å². The van der Waals surface area contributed by atoms with Crippen molar-refractivity contribution < 1.29 is 9.53 Å². The Balaban J connectivity index is 2.24. The number of hydrogen-bond acceptors (Lipinski definition) is 3. The summed E-state index contributed by atoms with van der Waals surface area (Å²) in [5.41, 5.74) is -0.408. The lowest BCUT2D eigenvalue weighted by atomic mass is 10.0. The number of unbranched alkanes of at least 4 members (excludes halogenated alkanes) is 1. The van der Waals surface area contributed by atoms with Crippen LogP contribution in [0.2, 0.25) is 0 Å². The van der Waals surface area contributed by atoms with E-state index < -0.39 is 5.60 Å². The van der Waals surface area contributed by atoms with Crippen molar-refractivity contribution in [1.82, 2.24) is 10.2 Å². The van der Waals surface area contributed by atoms with E-state index in [0.717, 1.165) is 38.4 Å². The summed E-state index contributed by atoms with van der Waals surface area (Å²) < 4.78 is 5.45. The van der Waals surface area contributed by atoms with Crippen LogP contribution in [0.1, 0.15) is 66.7 Å². The number of nitrogens with one attached hydrogen (secondary N) is 1. The summed E-state index contributed by atoms with van der Waals surface area (Å²) in [6.45, 7) is 12.9. The summed E-state index contributed by atoms with van der Waals surface area (Å²) in [5, 5.41) is 3.59. The highest BCUT2D eigenvalue weighted by Gasteiger charge is 2.27. The second-order valence-electron chi connectivity index (χ2n) is 7.61. The highest BCUT2D eigenvalue weighted by atomic mass is 16.6. The molecule has 1 N–H and O–H groups in total. The van der Waals surface area contributed by atoms with Gasteiger partial charge >= 0.3 is 6.09 Å². The normalized spacial score (nSPS) is 19.9. The summed E-state index contributed by atoms with van der Waals surface area (Å²) in [6.07, 6.45) is 5.85. The predicted molar refractivity (Wildman–Crippen MR) is 87.5 cm³/mol. The van der Waals surface area contributed by atoms with Crippen LogP contribution in [0.3, 0.4) is 0 Å². The molecular formula is C17H34N2O2. The van der Waals surface area contributed by atoms with Crippen LogP contribution >= 0.6 is 0 Å². The Morgan fingerprint density at radius 2 is 2.05 bits per heavy atom. The van der Waals surface area contributed by atoms with Crippen LogP contribution in [0.4, 0.5) is 4.79 Å². The highest BCUT2D eigenvalue weighted by Crippen LogP contribution is 2.15. The number of ether oxygens (including phenoxy) is 1. The zero-order chi connectivity index (χ0) is 15.9. The average molecular weight is 298 g/mol. The second-order valence-corrected chi connectivity index (χ2v) is 7.61. The number of hydrogen-bond donors (Lipinski definition) is 1. The van der Waals surface area contributed by atoms with Gasteiger partial charge in [0.1, 0.15) is 5.60 Å². The van der Waals surface area contributed by atoms with Crippen LogP contribution < -0.4 is 5.32 Å². The predicted octanol–water partition coefficient (Wildman–Crippen LogP) is 3.80. The molecule has 1 atom stereocenters. The minimum absolute atomic E-state index is 0.172. The molecule has 1 heterocycles. The number of rotatable bonds is 6. The molecule has 0 bridgehead atoms. The summed E-state index contributed by atoms with van der Waals surface area (Å²) in [7, 11) is 0. The second kappa shape index (κ2) is 8.62. The smallest absolute Gasteiger partial charge is 0.410 e. The van der Waals surface area contributed by atoms with Crippen molar-refractivity contribution >= 4 is 6.09 Å². The van der Waals surface area contributed by atoms with Gasteiger partial charge in [0.2, 0.25) is 0 Å². The van der Waals surface area contributed by atoms with Crippen LogP contribution in [0.25, 0.3) is 0 Å². The van der Waals surface area contributed by atoms with Crippen molar-refractivity contribution in [3.8, 4) is 0 Å². The number of piperidine rings is 1. The Labute approximate surface area is 130 Å². The summed E-state index contributed by atoms with van der Waals surface area (Å²) in [4.78, 5) is 13.9. The first kappa shape index (κ1) is 18.3. The summed E-state index contributed by atoms with van der Waals surface area (Å²) in [5.74, 6) is 0.794. The maximum absolute atomic E-state index is 12.1. The van der Waals surface area contributed by atoms with E-state index in [2.05, 4.69) is 19.2 Å². The third kappa shape index (κ3) is 8.30. The molecule has 4 heteroatoms. The quantitative estimate of drug-likeness (QED) is 0.758. The average Bonchev–Trinajstić information content (AvgIpc) is 2.36. The van der Waals surface area contributed by atoms with Crippen molar-refractivity contribution in [1.29, 1.82) is 0 Å². The SMILES string of the molecule is CC(C)CCCCNC1CCCN(C(=O)OC(C)(C)C)C1. The van der Waals surface area contributed by atoms with Crippen LogP contribution in [0.5, 0.6) is 0 Å². The van der Waals surface area contributed by atoms with E-state index in [4.69, 9.17) is 4.74 Å². The van der Waals surface area contributed by atoms with E-state index in [-0.39, 0.29) is 6.09 Å². The van der Waals surface area contributed by atoms with Crippen LogP contribution in [0.15, 0.2) is 0 Å². The molecule has 0 aliphatic carbocycles. The Kier molecular flexibility index (Phi) is 7.50. The molecule has 0 spiro atoms. The molecule has 21 heavy (non-hydrogen) atoms. The van der Waals surface area contributed by atoms with Gasteiger partial charge in [0, 0.05) is 19.1 Å². The standard InChI is InChI=1S/C17H34N2O2/c1-14(2)9-6-7-11-18-15-10-8-12-19(13-15)16(20)21-17(3,4)5/h14-15,18H,6-13H2,1-5H3. The van der Waals surface area contributed by atoms with E-state index in [1.54, 1.807) is 0 Å². The molecule has 1 rings (SSSR count). The van der Waals surface area contributed by atoms with Crippen molar-refractivity contribution in [3.63, 3.8) is 0 Å². The fourth-order valence-electron chi connectivity index (χ4n) is 2.62. The van der Waals surface area contributed by atoms with Crippen molar-refractivity contribution in [2.45, 2.75) is 78.4 Å². The maximum Gasteiger partial charge on any atom is 0.410 e. The number of likely N-dealkylation sites (tertiary alicyclic amines) is 1. The third-order valence-electron chi connectivity index (χ3n) is 3.71. The minimum Gasteiger partial charge on any atom is -0.444 e. The molecule has 1 unspecified atom stereocenters. The molecule has 1 amide bonds. The zero-order valence-electron chi connectivity index (χ0n) is 14.6. The number of nitrogens with zero attached hydrogens (tertiary/aromatic N) is 1. The van der Waals surface area contributed by atoms with E-state index in [9.17, 15) is 4.79 Å². The molecule has 1 aliphatic heterocycles. The molecule has 4 nitrogen and oxygen atoms in total. The van der Waals surface area contributed by atoms with Crippen LogP contribution in [-0.4, -0.2) is 42.3 Å². The Bertz CT molecular complexity index is 310. The van der Waals surface area contributed by atoms with Gasteiger partial charge in [0.25, 0.3) is 0 Å². The fraction of sp³-hybridized carbons (Fsp3) is 0.941. The fourth-order valence-corrected chi connectivity index (χ4v) is 2.62. The minimum atomic E-state index is -0.408. The van der Waals surface area contributed by atoms with Crippen molar-refractivity contribution in [2.24, 2.45) is 5.92 Å². The summed E-state index contributed by atoms with van der Waals surface area (Å²) >= 11 is 0. The molecule has 0 radical (unpaired) electrons. The number of amides is 1. The third-order valence-corrected chi connectivity index (χ3v) is 3.71. The topological polar surface area (TPSA) is 41.6 Å². The molecule has 0 saturated carbocycles.